The summed E-state index contributed by atoms with van der Waals surface area (Å²) in [6.07, 6.45) is 7.43. The summed E-state index contributed by atoms with van der Waals surface area (Å²) in [7, 11) is 0. The number of aromatic nitrogens is 3. The van der Waals surface area contributed by atoms with E-state index in [0.29, 0.717) is 78.1 Å². The Labute approximate surface area is 202 Å². The maximum absolute atomic E-state index is 12.7. The third-order valence-electron chi connectivity index (χ3n) is 6.32. The van der Waals surface area contributed by atoms with E-state index < -0.39 is 0 Å². The summed E-state index contributed by atoms with van der Waals surface area (Å²) in [6, 6.07) is 5.37. The molecule has 0 radical (unpaired) electrons. The Morgan fingerprint density at radius 1 is 1.03 bits per heavy atom. The van der Waals surface area contributed by atoms with Gasteiger partial charge in [0, 0.05) is 38.8 Å². The van der Waals surface area contributed by atoms with Gasteiger partial charge >= 0.3 is 0 Å². The lowest BCUT2D eigenvalue weighted by atomic mass is 10.1. The molecule has 8 rings (SSSR count). The fourth-order valence-corrected chi connectivity index (χ4v) is 4.68. The van der Waals surface area contributed by atoms with Crippen molar-refractivity contribution in [3.63, 3.8) is 0 Å². The Kier molecular flexibility index (Phi) is 6.53. The Hall–Kier alpha value is -3.33. The number of nitrogens with one attached hydrogen (secondary N) is 1. The molecule has 3 aromatic rings. The fraction of sp³-hybridized carbons (Fsp3) is 0.417. The van der Waals surface area contributed by atoms with Gasteiger partial charge in [-0.2, -0.15) is 0 Å². The SMILES string of the molecule is O=C1CCCCCCOc2ccc(cc2Cl)N=Cc2c(O)[nH]c3ncnc(c23)N2CCN1CC2. The second-order valence-electron chi connectivity index (χ2n) is 8.56. The minimum absolute atomic E-state index is 0.0289. The number of carbonyl (C=O) groups excluding carboxylic acids is 1. The number of aromatic amines is 1. The van der Waals surface area contributed by atoms with Crippen LogP contribution >= 0.6 is 11.6 Å². The molecular weight excluding hydrogens is 456 g/mol. The first-order valence-electron chi connectivity index (χ1n) is 11.6. The molecule has 0 spiro atoms. The second kappa shape index (κ2) is 9.89. The Balaban J connectivity index is 1.50. The Morgan fingerprint density at radius 2 is 1.82 bits per heavy atom. The highest BCUT2D eigenvalue weighted by Crippen LogP contribution is 2.33. The molecule has 5 aliphatic heterocycles. The average Bonchev–Trinajstić information content (AvgIpc) is 3.17. The van der Waals surface area contributed by atoms with Gasteiger partial charge in [0.1, 0.15) is 23.5 Å². The first-order chi connectivity index (χ1) is 16.6. The van der Waals surface area contributed by atoms with E-state index in [0.717, 1.165) is 25.7 Å². The molecule has 34 heavy (non-hydrogen) atoms. The van der Waals surface area contributed by atoms with Gasteiger partial charge in [0.15, 0.2) is 5.88 Å². The Morgan fingerprint density at radius 3 is 2.65 bits per heavy atom. The van der Waals surface area contributed by atoms with Gasteiger partial charge in [-0.15, -0.1) is 0 Å². The molecule has 0 atom stereocenters. The minimum Gasteiger partial charge on any atom is -0.494 e. The lowest BCUT2D eigenvalue weighted by molar-refractivity contribution is -0.131. The van der Waals surface area contributed by atoms with Crippen molar-refractivity contribution in [2.45, 2.75) is 32.1 Å². The van der Waals surface area contributed by atoms with Crippen molar-refractivity contribution in [3.05, 3.63) is 35.1 Å². The quantitative estimate of drug-likeness (QED) is 0.500. The zero-order chi connectivity index (χ0) is 23.5. The van der Waals surface area contributed by atoms with Gasteiger partial charge in [-0.05, 0) is 31.0 Å². The molecule has 1 fully saturated rings. The standard InChI is InChI=1S/C24H27ClN6O3/c25-18-13-16-6-7-19(18)34-12-4-2-1-3-5-20(32)30-8-10-31(11-9-30)23-21-17(14-26-16)24(33)29-22(21)27-15-28-23/h6-7,13-15,33H,1-5,8-12H2,(H,27,28,29). The second-order valence-corrected chi connectivity index (χ2v) is 8.97. The maximum atomic E-state index is 12.7. The first kappa shape index (κ1) is 22.5. The summed E-state index contributed by atoms with van der Waals surface area (Å²) in [6.45, 7) is 3.18. The van der Waals surface area contributed by atoms with E-state index >= 15 is 0 Å². The van der Waals surface area contributed by atoms with E-state index in [1.165, 1.54) is 6.33 Å². The summed E-state index contributed by atoms with van der Waals surface area (Å²) in [4.78, 5) is 33.0. The van der Waals surface area contributed by atoms with Gasteiger partial charge < -0.3 is 24.6 Å². The van der Waals surface area contributed by atoms with Crippen molar-refractivity contribution in [2.75, 3.05) is 37.7 Å². The van der Waals surface area contributed by atoms with Crippen LogP contribution in [0.15, 0.2) is 29.5 Å². The molecule has 10 heteroatoms. The molecule has 9 nitrogen and oxygen atoms in total. The third kappa shape index (κ3) is 4.65. The predicted octanol–water partition coefficient (Wildman–Crippen LogP) is 4.06. The molecule has 7 heterocycles. The third-order valence-corrected chi connectivity index (χ3v) is 6.62. The molecule has 2 aromatic heterocycles. The first-order valence-corrected chi connectivity index (χ1v) is 12.0. The number of carbonyl (C=O) groups is 1. The van der Waals surface area contributed by atoms with Crippen LogP contribution in [-0.4, -0.2) is 69.9 Å². The maximum Gasteiger partial charge on any atom is 0.222 e. The van der Waals surface area contributed by atoms with Crippen LogP contribution < -0.4 is 9.64 Å². The molecule has 5 aliphatic rings. The molecule has 2 N–H and O–H groups in total. The largest absolute Gasteiger partial charge is 0.494 e. The highest BCUT2D eigenvalue weighted by atomic mass is 35.5. The molecule has 178 valence electrons. The van der Waals surface area contributed by atoms with Crippen LogP contribution in [0.4, 0.5) is 11.5 Å². The summed E-state index contributed by atoms with van der Waals surface area (Å²) < 4.78 is 5.82. The van der Waals surface area contributed by atoms with Crippen LogP contribution in [0.25, 0.3) is 11.0 Å². The number of ether oxygens (including phenoxy) is 1. The van der Waals surface area contributed by atoms with Gasteiger partial charge in [0.2, 0.25) is 5.91 Å². The fourth-order valence-electron chi connectivity index (χ4n) is 4.45. The van der Waals surface area contributed by atoms with E-state index in [4.69, 9.17) is 16.3 Å². The van der Waals surface area contributed by atoms with Gasteiger partial charge in [-0.25, -0.2) is 9.97 Å². The smallest absolute Gasteiger partial charge is 0.222 e. The molecule has 1 saturated heterocycles. The minimum atomic E-state index is -0.0289. The number of halogens is 1. The van der Waals surface area contributed by atoms with Crippen molar-refractivity contribution < 1.29 is 14.6 Å². The number of rotatable bonds is 0. The zero-order valence-electron chi connectivity index (χ0n) is 18.8. The average molecular weight is 483 g/mol. The monoisotopic (exact) mass is 482 g/mol. The number of aromatic hydroxyl groups is 1. The summed E-state index contributed by atoms with van der Waals surface area (Å²) in [5.74, 6) is 1.50. The van der Waals surface area contributed by atoms with Crippen molar-refractivity contribution >= 4 is 46.3 Å². The number of anilines is 1. The van der Waals surface area contributed by atoms with Crippen molar-refractivity contribution in [1.82, 2.24) is 19.9 Å². The van der Waals surface area contributed by atoms with Gasteiger partial charge in [0.05, 0.1) is 28.3 Å². The van der Waals surface area contributed by atoms with E-state index in [2.05, 4.69) is 24.8 Å². The van der Waals surface area contributed by atoms with Gasteiger partial charge in [0.25, 0.3) is 0 Å². The van der Waals surface area contributed by atoms with Crippen LogP contribution in [0, 0.1) is 0 Å². The van der Waals surface area contributed by atoms with Crippen molar-refractivity contribution in [2.24, 2.45) is 4.99 Å². The van der Waals surface area contributed by atoms with Crippen molar-refractivity contribution in [1.29, 1.82) is 0 Å². The number of benzene rings is 1. The molecule has 1 amide bonds. The van der Waals surface area contributed by atoms with Crippen LogP contribution in [0.2, 0.25) is 5.02 Å². The highest BCUT2D eigenvalue weighted by Gasteiger charge is 2.25. The van der Waals surface area contributed by atoms with E-state index in [-0.39, 0.29) is 11.8 Å². The lowest BCUT2D eigenvalue weighted by Gasteiger charge is -2.35. The van der Waals surface area contributed by atoms with E-state index in [1.807, 2.05) is 11.0 Å². The summed E-state index contributed by atoms with van der Waals surface area (Å²) in [5.41, 5.74) is 1.68. The normalized spacial score (nSPS) is 17.7. The molecular formula is C24H27ClN6O3. The number of hydrogen-bond acceptors (Lipinski definition) is 7. The lowest BCUT2D eigenvalue weighted by Crippen LogP contribution is -2.49. The molecule has 0 aliphatic carbocycles. The molecule has 1 aromatic carbocycles. The number of H-pyrrole nitrogens is 1. The van der Waals surface area contributed by atoms with Crippen LogP contribution in [0.5, 0.6) is 11.6 Å². The van der Waals surface area contributed by atoms with Crippen LogP contribution in [0.1, 0.15) is 37.7 Å². The Bertz CT molecular complexity index is 1220. The van der Waals surface area contributed by atoms with Gasteiger partial charge in [-0.3, -0.25) is 9.79 Å². The van der Waals surface area contributed by atoms with Crippen LogP contribution in [0.3, 0.4) is 0 Å². The number of piperazine rings is 1. The molecule has 0 unspecified atom stereocenters. The molecule has 0 saturated carbocycles. The number of hydrogen-bond donors (Lipinski definition) is 2. The predicted molar refractivity (Wildman–Crippen MR) is 132 cm³/mol. The summed E-state index contributed by atoms with van der Waals surface area (Å²) in [5, 5.41) is 11.8. The van der Waals surface area contributed by atoms with Crippen LogP contribution in [-0.2, 0) is 4.79 Å². The van der Waals surface area contributed by atoms with Crippen molar-refractivity contribution in [3.8, 4) is 11.6 Å². The zero-order valence-corrected chi connectivity index (χ0v) is 19.6. The molecule has 4 bridgehead atoms. The van der Waals surface area contributed by atoms with E-state index in [9.17, 15) is 9.90 Å². The number of aliphatic imine (C=N–C) groups is 1. The topological polar surface area (TPSA) is 107 Å². The van der Waals surface area contributed by atoms with Gasteiger partial charge in [-0.1, -0.05) is 24.4 Å². The number of amides is 1. The number of nitrogens with zero attached hydrogens (tertiary/aromatic N) is 5. The highest BCUT2D eigenvalue weighted by molar-refractivity contribution is 6.32. The van der Waals surface area contributed by atoms with E-state index in [1.54, 1.807) is 18.3 Å². The summed E-state index contributed by atoms with van der Waals surface area (Å²) >= 11 is 6.41.